The maximum absolute atomic E-state index is 11.1. The lowest BCUT2D eigenvalue weighted by molar-refractivity contribution is 0.0689. The molecule has 0 atom stereocenters. The van der Waals surface area contributed by atoms with E-state index in [1.807, 2.05) is 0 Å². The van der Waals surface area contributed by atoms with Gasteiger partial charge in [-0.2, -0.15) is 0 Å². The van der Waals surface area contributed by atoms with Crippen molar-refractivity contribution in [1.29, 1.82) is 0 Å². The van der Waals surface area contributed by atoms with Crippen molar-refractivity contribution in [2.45, 2.75) is 13.0 Å². The number of carboxylic acid groups (broad SMARTS) is 1. The van der Waals surface area contributed by atoms with E-state index in [0.29, 0.717) is 35.2 Å². The average Bonchev–Trinajstić information content (AvgIpc) is 2.78. The molecule has 1 aromatic carbocycles. The van der Waals surface area contributed by atoms with Gasteiger partial charge in [0.05, 0.1) is 22.3 Å². The molecule has 0 radical (unpaired) electrons. The molecule has 0 saturated carbocycles. The molecule has 2 aromatic rings. The predicted molar refractivity (Wildman–Crippen MR) is 75.3 cm³/mol. The van der Waals surface area contributed by atoms with Gasteiger partial charge in [0, 0.05) is 6.42 Å². The minimum atomic E-state index is -1.12. The fourth-order valence-corrected chi connectivity index (χ4v) is 2.14. The number of aromatic nitrogens is 3. The van der Waals surface area contributed by atoms with E-state index in [-0.39, 0.29) is 5.69 Å². The van der Waals surface area contributed by atoms with Crippen LogP contribution in [0, 0.1) is 0 Å². The molecule has 0 aliphatic heterocycles. The first kappa shape index (κ1) is 14.8. The third kappa shape index (κ3) is 3.09. The average molecular weight is 315 g/mol. The second-order valence-electron chi connectivity index (χ2n) is 4.13. The zero-order chi connectivity index (χ0) is 14.7. The Morgan fingerprint density at radius 3 is 2.70 bits per heavy atom. The van der Waals surface area contributed by atoms with E-state index in [9.17, 15) is 4.79 Å². The molecule has 3 N–H and O–H groups in total. The van der Waals surface area contributed by atoms with E-state index in [0.717, 1.165) is 5.56 Å². The van der Waals surface area contributed by atoms with Crippen LogP contribution in [0.15, 0.2) is 18.2 Å². The Kier molecular flexibility index (Phi) is 4.59. The van der Waals surface area contributed by atoms with Crippen LogP contribution < -0.4 is 5.73 Å². The number of rotatable bonds is 5. The molecule has 2 rings (SSSR count). The number of hydrogen-bond acceptors (Lipinski definition) is 4. The SMILES string of the molecule is NCCc1c(C(=O)O)nnn1Cc1ccc(Cl)c(Cl)c1. The molecule has 8 heteroatoms. The first-order valence-electron chi connectivity index (χ1n) is 5.82. The van der Waals surface area contributed by atoms with Gasteiger partial charge in [-0.15, -0.1) is 5.10 Å². The highest BCUT2D eigenvalue weighted by molar-refractivity contribution is 6.42. The molecule has 0 fully saturated rings. The van der Waals surface area contributed by atoms with E-state index in [1.54, 1.807) is 18.2 Å². The van der Waals surface area contributed by atoms with Crippen LogP contribution in [0.25, 0.3) is 0 Å². The molecule has 1 aromatic heterocycles. The summed E-state index contributed by atoms with van der Waals surface area (Å²) >= 11 is 11.8. The van der Waals surface area contributed by atoms with Gasteiger partial charge in [0.1, 0.15) is 0 Å². The number of halogens is 2. The number of benzene rings is 1. The summed E-state index contributed by atoms with van der Waals surface area (Å²) < 4.78 is 1.51. The summed E-state index contributed by atoms with van der Waals surface area (Å²) in [6.07, 6.45) is 0.385. The molecular weight excluding hydrogens is 303 g/mol. The molecule has 106 valence electrons. The van der Waals surface area contributed by atoms with Gasteiger partial charge in [-0.3, -0.25) is 0 Å². The fraction of sp³-hybridized carbons (Fsp3) is 0.250. The van der Waals surface area contributed by atoms with Gasteiger partial charge in [-0.1, -0.05) is 34.5 Å². The highest BCUT2D eigenvalue weighted by atomic mass is 35.5. The summed E-state index contributed by atoms with van der Waals surface area (Å²) in [7, 11) is 0. The minimum Gasteiger partial charge on any atom is -0.476 e. The second-order valence-corrected chi connectivity index (χ2v) is 4.95. The fourth-order valence-electron chi connectivity index (χ4n) is 1.82. The van der Waals surface area contributed by atoms with Gasteiger partial charge >= 0.3 is 5.97 Å². The minimum absolute atomic E-state index is 0.0736. The van der Waals surface area contributed by atoms with Gasteiger partial charge in [0.15, 0.2) is 5.69 Å². The summed E-state index contributed by atoms with van der Waals surface area (Å²) in [5.74, 6) is -1.12. The third-order valence-electron chi connectivity index (χ3n) is 2.74. The topological polar surface area (TPSA) is 94.0 Å². The van der Waals surface area contributed by atoms with Crippen molar-refractivity contribution in [3.63, 3.8) is 0 Å². The molecule has 0 aliphatic rings. The number of hydrogen-bond donors (Lipinski definition) is 2. The standard InChI is InChI=1S/C12H12Cl2N4O2/c13-8-2-1-7(5-9(8)14)6-18-10(3-4-15)11(12(19)20)16-17-18/h1-2,5H,3-4,6,15H2,(H,19,20). The van der Waals surface area contributed by atoms with Crippen LogP contribution in [0.2, 0.25) is 10.0 Å². The highest BCUT2D eigenvalue weighted by Crippen LogP contribution is 2.23. The molecular formula is C12H12Cl2N4O2. The van der Waals surface area contributed by atoms with E-state index < -0.39 is 5.97 Å². The van der Waals surface area contributed by atoms with Crippen molar-refractivity contribution >= 4 is 29.2 Å². The van der Waals surface area contributed by atoms with Crippen molar-refractivity contribution < 1.29 is 9.90 Å². The van der Waals surface area contributed by atoms with Crippen LogP contribution in [0.4, 0.5) is 0 Å². The lowest BCUT2D eigenvalue weighted by atomic mass is 10.2. The molecule has 0 aliphatic carbocycles. The lowest BCUT2D eigenvalue weighted by Crippen LogP contribution is -2.14. The monoisotopic (exact) mass is 314 g/mol. The van der Waals surface area contributed by atoms with Gasteiger partial charge in [-0.05, 0) is 24.2 Å². The maximum Gasteiger partial charge on any atom is 0.358 e. The van der Waals surface area contributed by atoms with E-state index in [1.165, 1.54) is 4.68 Å². The molecule has 0 saturated heterocycles. The normalized spacial score (nSPS) is 10.8. The first-order chi connectivity index (χ1) is 9.52. The number of aromatic carboxylic acids is 1. The first-order valence-corrected chi connectivity index (χ1v) is 6.58. The molecule has 1 heterocycles. The number of carbonyl (C=O) groups is 1. The summed E-state index contributed by atoms with van der Waals surface area (Å²) in [6.45, 7) is 0.668. The Hall–Kier alpha value is -1.63. The van der Waals surface area contributed by atoms with E-state index in [2.05, 4.69) is 10.3 Å². The molecule has 0 amide bonds. The van der Waals surface area contributed by atoms with E-state index >= 15 is 0 Å². The predicted octanol–water partition coefficient (Wildman–Crippen LogP) is 1.83. The van der Waals surface area contributed by atoms with Crippen molar-refractivity contribution in [1.82, 2.24) is 15.0 Å². The Balaban J connectivity index is 2.32. The quantitative estimate of drug-likeness (QED) is 0.878. The molecule has 6 nitrogen and oxygen atoms in total. The Morgan fingerprint density at radius 2 is 2.10 bits per heavy atom. The van der Waals surface area contributed by atoms with Gasteiger partial charge in [0.25, 0.3) is 0 Å². The van der Waals surface area contributed by atoms with Crippen LogP contribution in [0.5, 0.6) is 0 Å². The number of nitrogens with two attached hydrogens (primary N) is 1. The summed E-state index contributed by atoms with van der Waals surface area (Å²) in [5, 5.41) is 17.5. The second kappa shape index (κ2) is 6.21. The third-order valence-corrected chi connectivity index (χ3v) is 3.48. The molecule has 0 unspecified atom stereocenters. The van der Waals surface area contributed by atoms with E-state index in [4.69, 9.17) is 34.0 Å². The smallest absolute Gasteiger partial charge is 0.358 e. The van der Waals surface area contributed by atoms with Gasteiger partial charge < -0.3 is 10.8 Å². The van der Waals surface area contributed by atoms with Crippen LogP contribution in [0.1, 0.15) is 21.7 Å². The zero-order valence-electron chi connectivity index (χ0n) is 10.4. The van der Waals surface area contributed by atoms with Crippen LogP contribution >= 0.6 is 23.2 Å². The summed E-state index contributed by atoms with van der Waals surface area (Å²) in [4.78, 5) is 11.1. The van der Waals surface area contributed by atoms with Crippen LogP contribution in [0.3, 0.4) is 0 Å². The van der Waals surface area contributed by atoms with Crippen molar-refractivity contribution in [3.05, 3.63) is 45.2 Å². The summed E-state index contributed by atoms with van der Waals surface area (Å²) in [6, 6.07) is 5.18. The Labute approximate surface area is 125 Å². The Bertz CT molecular complexity index is 642. The molecule has 0 bridgehead atoms. The van der Waals surface area contributed by atoms with Crippen LogP contribution in [-0.2, 0) is 13.0 Å². The summed E-state index contributed by atoms with van der Waals surface area (Å²) in [5.41, 5.74) is 6.76. The van der Waals surface area contributed by atoms with Crippen molar-refractivity contribution in [2.75, 3.05) is 6.54 Å². The van der Waals surface area contributed by atoms with Crippen LogP contribution in [-0.4, -0.2) is 32.6 Å². The lowest BCUT2D eigenvalue weighted by Gasteiger charge is -2.07. The largest absolute Gasteiger partial charge is 0.476 e. The molecule has 0 spiro atoms. The molecule has 20 heavy (non-hydrogen) atoms. The zero-order valence-corrected chi connectivity index (χ0v) is 11.9. The van der Waals surface area contributed by atoms with Crippen molar-refractivity contribution in [3.8, 4) is 0 Å². The Morgan fingerprint density at radius 1 is 1.35 bits per heavy atom. The van der Waals surface area contributed by atoms with Gasteiger partial charge in [-0.25, -0.2) is 9.48 Å². The van der Waals surface area contributed by atoms with Crippen molar-refractivity contribution in [2.24, 2.45) is 5.73 Å². The van der Waals surface area contributed by atoms with Gasteiger partial charge in [0.2, 0.25) is 0 Å². The number of carboxylic acids is 1. The maximum atomic E-state index is 11.1. The highest BCUT2D eigenvalue weighted by Gasteiger charge is 2.18. The number of nitrogens with zero attached hydrogens (tertiary/aromatic N) is 3.